The Morgan fingerprint density at radius 2 is 1.90 bits per heavy atom. The summed E-state index contributed by atoms with van der Waals surface area (Å²) in [4.78, 5) is 14.7. The monoisotopic (exact) mass is 298 g/mol. The molecule has 2 saturated heterocycles. The summed E-state index contributed by atoms with van der Waals surface area (Å²) in [5.41, 5.74) is -0.639. The maximum Gasteiger partial charge on any atom is 0.325 e. The number of morpholine rings is 1. The molecule has 0 aromatic carbocycles. The number of nitrogens with one attached hydrogen (secondary N) is 1. The number of rotatable bonds is 6. The molecule has 2 aliphatic rings. The van der Waals surface area contributed by atoms with Crippen LogP contribution in [0.25, 0.3) is 0 Å². The smallest absolute Gasteiger partial charge is 0.325 e. The molecule has 0 aliphatic carbocycles. The molecule has 2 rings (SSSR count). The van der Waals surface area contributed by atoms with Crippen molar-refractivity contribution in [2.24, 2.45) is 0 Å². The van der Waals surface area contributed by atoms with Crippen molar-refractivity contribution in [2.45, 2.75) is 76.8 Å². The van der Waals surface area contributed by atoms with Gasteiger partial charge in [-0.1, -0.05) is 0 Å². The van der Waals surface area contributed by atoms with Crippen LogP contribution in [0, 0.1) is 0 Å². The maximum atomic E-state index is 12.2. The van der Waals surface area contributed by atoms with Gasteiger partial charge in [0, 0.05) is 25.2 Å². The van der Waals surface area contributed by atoms with Crippen molar-refractivity contribution in [3.05, 3.63) is 0 Å². The Bertz CT molecular complexity index is 363. The van der Waals surface area contributed by atoms with Gasteiger partial charge in [-0.3, -0.25) is 15.0 Å². The van der Waals surface area contributed by atoms with Crippen LogP contribution in [0.1, 0.15) is 47.0 Å². The predicted molar refractivity (Wildman–Crippen MR) is 82.2 cm³/mol. The van der Waals surface area contributed by atoms with Crippen LogP contribution in [0.3, 0.4) is 0 Å². The number of nitrogens with zero attached hydrogens (tertiary/aromatic N) is 1. The second-order valence-corrected chi connectivity index (χ2v) is 7.09. The summed E-state index contributed by atoms with van der Waals surface area (Å²) in [6, 6.07) is 0.564. The first-order valence-corrected chi connectivity index (χ1v) is 8.09. The van der Waals surface area contributed by atoms with Crippen molar-refractivity contribution in [3.63, 3.8) is 0 Å². The zero-order chi connectivity index (χ0) is 15.6. The van der Waals surface area contributed by atoms with Crippen LogP contribution in [-0.4, -0.2) is 60.9 Å². The van der Waals surface area contributed by atoms with E-state index in [1.807, 2.05) is 6.92 Å². The van der Waals surface area contributed by atoms with E-state index >= 15 is 0 Å². The Labute approximate surface area is 128 Å². The van der Waals surface area contributed by atoms with E-state index in [9.17, 15) is 4.79 Å². The van der Waals surface area contributed by atoms with Crippen LogP contribution in [0.2, 0.25) is 0 Å². The van der Waals surface area contributed by atoms with Gasteiger partial charge < -0.3 is 9.47 Å². The summed E-state index contributed by atoms with van der Waals surface area (Å²) in [7, 11) is 1.46. The molecule has 2 aliphatic heterocycles. The topological polar surface area (TPSA) is 50.8 Å². The zero-order valence-corrected chi connectivity index (χ0v) is 14.0. The number of carbonyl (C=O) groups is 1. The summed E-state index contributed by atoms with van der Waals surface area (Å²) < 4.78 is 10.9. The molecule has 1 N–H and O–H groups in total. The molecule has 5 heteroatoms. The van der Waals surface area contributed by atoms with E-state index in [1.165, 1.54) is 20.0 Å². The fourth-order valence-corrected chi connectivity index (χ4v) is 3.79. The highest BCUT2D eigenvalue weighted by molar-refractivity contribution is 5.80. The molecule has 2 bridgehead atoms. The molecule has 4 unspecified atom stereocenters. The minimum atomic E-state index is -0.639. The van der Waals surface area contributed by atoms with E-state index < -0.39 is 5.54 Å². The summed E-state index contributed by atoms with van der Waals surface area (Å²) in [5, 5.41) is 3.38. The first-order valence-electron chi connectivity index (χ1n) is 8.09. The molecule has 2 heterocycles. The average Bonchev–Trinajstić information content (AvgIpc) is 2.75. The first kappa shape index (κ1) is 16.7. The highest BCUT2D eigenvalue weighted by Gasteiger charge is 2.40. The predicted octanol–water partition coefficient (Wildman–Crippen LogP) is 1.56. The van der Waals surface area contributed by atoms with Crippen LogP contribution in [-0.2, 0) is 14.3 Å². The molecular formula is C16H30N2O3. The summed E-state index contributed by atoms with van der Waals surface area (Å²) in [5.74, 6) is -0.181. The molecule has 5 nitrogen and oxygen atoms in total. The van der Waals surface area contributed by atoms with E-state index in [-0.39, 0.29) is 12.0 Å². The molecule has 0 spiro atoms. The van der Waals surface area contributed by atoms with E-state index in [4.69, 9.17) is 9.47 Å². The molecule has 0 aromatic heterocycles. The van der Waals surface area contributed by atoms with Gasteiger partial charge in [0.05, 0.1) is 19.3 Å². The quantitative estimate of drug-likeness (QED) is 0.754. The molecule has 0 aromatic rings. The minimum absolute atomic E-state index is 0.181. The molecule has 0 radical (unpaired) electrons. The average molecular weight is 298 g/mol. The number of hydrogen-bond donors (Lipinski definition) is 1. The standard InChI is InChI=1S/C16H30N2O3/c1-11(2)17-16(4,15(19)20-5)8-12(3)18-9-13-6-7-14(10-18)21-13/h11-14,17H,6-10H2,1-5H3. The summed E-state index contributed by atoms with van der Waals surface area (Å²) in [6.45, 7) is 10.2. The van der Waals surface area contributed by atoms with Gasteiger partial charge in [-0.25, -0.2) is 0 Å². The zero-order valence-electron chi connectivity index (χ0n) is 14.0. The van der Waals surface area contributed by atoms with Gasteiger partial charge in [0.15, 0.2) is 0 Å². The van der Waals surface area contributed by atoms with Gasteiger partial charge in [-0.15, -0.1) is 0 Å². The normalized spacial score (nSPS) is 30.2. The van der Waals surface area contributed by atoms with Crippen molar-refractivity contribution in [1.29, 1.82) is 0 Å². The molecule has 122 valence electrons. The third-order valence-electron chi connectivity index (χ3n) is 4.64. The fraction of sp³-hybridized carbons (Fsp3) is 0.938. The van der Waals surface area contributed by atoms with Crippen LogP contribution in [0.5, 0.6) is 0 Å². The molecular weight excluding hydrogens is 268 g/mol. The lowest BCUT2D eigenvalue weighted by atomic mass is 9.91. The van der Waals surface area contributed by atoms with E-state index in [2.05, 4.69) is 31.0 Å². The third kappa shape index (κ3) is 3.96. The van der Waals surface area contributed by atoms with E-state index in [1.54, 1.807) is 0 Å². The molecule has 0 amide bonds. The van der Waals surface area contributed by atoms with E-state index in [0.717, 1.165) is 19.5 Å². The van der Waals surface area contributed by atoms with Crippen molar-refractivity contribution in [2.75, 3.05) is 20.2 Å². The summed E-state index contributed by atoms with van der Waals surface area (Å²) >= 11 is 0. The number of fused-ring (bicyclic) bond motifs is 2. The van der Waals surface area contributed by atoms with E-state index in [0.29, 0.717) is 18.2 Å². The van der Waals surface area contributed by atoms with Crippen molar-refractivity contribution in [3.8, 4) is 0 Å². The number of esters is 1. The van der Waals surface area contributed by atoms with Gasteiger partial charge >= 0.3 is 5.97 Å². The Morgan fingerprint density at radius 1 is 1.33 bits per heavy atom. The van der Waals surface area contributed by atoms with Crippen LogP contribution in [0.15, 0.2) is 0 Å². The fourth-order valence-electron chi connectivity index (χ4n) is 3.79. The summed E-state index contributed by atoms with van der Waals surface area (Å²) in [6.07, 6.45) is 3.86. The van der Waals surface area contributed by atoms with Crippen molar-refractivity contribution >= 4 is 5.97 Å². The van der Waals surface area contributed by atoms with Gasteiger partial charge in [0.25, 0.3) is 0 Å². The van der Waals surface area contributed by atoms with Crippen LogP contribution >= 0.6 is 0 Å². The highest BCUT2D eigenvalue weighted by atomic mass is 16.5. The van der Waals surface area contributed by atoms with Gasteiger partial charge in [-0.05, 0) is 47.0 Å². The second kappa shape index (κ2) is 6.63. The van der Waals surface area contributed by atoms with Gasteiger partial charge in [0.2, 0.25) is 0 Å². The van der Waals surface area contributed by atoms with Gasteiger partial charge in [-0.2, -0.15) is 0 Å². The number of carbonyl (C=O) groups excluding carboxylic acids is 1. The first-order chi connectivity index (χ1) is 9.84. The lowest BCUT2D eigenvalue weighted by Gasteiger charge is -2.40. The minimum Gasteiger partial charge on any atom is -0.468 e. The Kier molecular flexibility index (Phi) is 5.28. The molecule has 21 heavy (non-hydrogen) atoms. The number of hydrogen-bond acceptors (Lipinski definition) is 5. The number of ether oxygens (including phenoxy) is 2. The Balaban J connectivity index is 2.00. The maximum absolute atomic E-state index is 12.2. The Hall–Kier alpha value is -0.650. The third-order valence-corrected chi connectivity index (χ3v) is 4.64. The molecule has 0 saturated carbocycles. The van der Waals surface area contributed by atoms with Crippen LogP contribution < -0.4 is 5.32 Å². The second-order valence-electron chi connectivity index (χ2n) is 7.09. The lowest BCUT2D eigenvalue weighted by Crippen LogP contribution is -2.57. The lowest BCUT2D eigenvalue weighted by molar-refractivity contribution is -0.149. The van der Waals surface area contributed by atoms with Crippen molar-refractivity contribution < 1.29 is 14.3 Å². The number of methoxy groups -OCH3 is 1. The number of likely N-dealkylation sites (tertiary alicyclic amines) is 1. The van der Waals surface area contributed by atoms with Gasteiger partial charge in [0.1, 0.15) is 5.54 Å². The molecule has 2 fully saturated rings. The largest absolute Gasteiger partial charge is 0.468 e. The highest BCUT2D eigenvalue weighted by Crippen LogP contribution is 2.29. The molecule has 4 atom stereocenters. The SMILES string of the molecule is COC(=O)C(C)(CC(C)N1CC2CCC(C1)O2)NC(C)C. The van der Waals surface area contributed by atoms with Crippen molar-refractivity contribution in [1.82, 2.24) is 10.2 Å². The van der Waals surface area contributed by atoms with Crippen LogP contribution in [0.4, 0.5) is 0 Å². The Morgan fingerprint density at radius 3 is 2.38 bits per heavy atom.